The van der Waals surface area contributed by atoms with Crippen LogP contribution in [0, 0.1) is 0 Å². The lowest BCUT2D eigenvalue weighted by Crippen LogP contribution is -2.32. The molecule has 0 radical (unpaired) electrons. The largest absolute Gasteiger partial charge is 0.327 e. The number of hydroxylamine groups is 1. The molecule has 1 fully saturated rings. The monoisotopic (exact) mass is 186 g/mol. The van der Waals surface area contributed by atoms with E-state index in [2.05, 4.69) is 5.48 Å². The Bertz CT molecular complexity index is 165. The molecule has 1 atom stereocenters. The Kier molecular flexibility index (Phi) is 4.18. The first-order chi connectivity index (χ1) is 6.18. The third kappa shape index (κ3) is 4.24. The minimum atomic E-state index is -0.123. The number of carbonyl (C=O) groups excluding carboxylic acids is 1. The Hall–Kier alpha value is -0.610. The van der Waals surface area contributed by atoms with Crippen molar-refractivity contribution in [1.82, 2.24) is 5.48 Å². The number of nitrogens with one attached hydrogen (secondary N) is 1. The fraction of sp³-hybridized carbons (Fsp3) is 0.889. The second kappa shape index (κ2) is 5.19. The molecule has 0 aromatic carbocycles. The fourth-order valence-corrected chi connectivity index (χ4v) is 1.49. The third-order valence-corrected chi connectivity index (χ3v) is 2.15. The maximum atomic E-state index is 11.1. The van der Waals surface area contributed by atoms with Crippen LogP contribution in [0.2, 0.25) is 0 Å². The van der Waals surface area contributed by atoms with E-state index in [-0.39, 0.29) is 18.1 Å². The Morgan fingerprint density at radius 2 is 2.23 bits per heavy atom. The van der Waals surface area contributed by atoms with Gasteiger partial charge in [0.05, 0.1) is 6.10 Å². The number of amides is 1. The van der Waals surface area contributed by atoms with Crippen molar-refractivity contribution in [2.24, 2.45) is 5.73 Å². The summed E-state index contributed by atoms with van der Waals surface area (Å²) in [5, 5.41) is 0. The molecule has 1 unspecified atom stereocenters. The third-order valence-electron chi connectivity index (χ3n) is 2.15. The molecule has 76 valence electrons. The van der Waals surface area contributed by atoms with Crippen molar-refractivity contribution in [1.29, 1.82) is 0 Å². The van der Waals surface area contributed by atoms with Gasteiger partial charge in [-0.25, -0.2) is 5.48 Å². The Morgan fingerprint density at radius 3 is 2.77 bits per heavy atom. The molecule has 0 bridgehead atoms. The molecule has 4 heteroatoms. The van der Waals surface area contributed by atoms with Gasteiger partial charge in [0.15, 0.2) is 0 Å². The van der Waals surface area contributed by atoms with Gasteiger partial charge in [-0.2, -0.15) is 0 Å². The Morgan fingerprint density at radius 1 is 1.62 bits per heavy atom. The van der Waals surface area contributed by atoms with Crippen LogP contribution in [-0.2, 0) is 9.63 Å². The fourth-order valence-electron chi connectivity index (χ4n) is 1.49. The molecule has 0 aliphatic heterocycles. The van der Waals surface area contributed by atoms with Crippen LogP contribution in [0.15, 0.2) is 0 Å². The minimum Gasteiger partial charge on any atom is -0.327 e. The molecule has 0 saturated heterocycles. The van der Waals surface area contributed by atoms with Gasteiger partial charge >= 0.3 is 0 Å². The summed E-state index contributed by atoms with van der Waals surface area (Å²) in [5.41, 5.74) is 7.90. The molecule has 0 aromatic heterocycles. The van der Waals surface area contributed by atoms with Gasteiger partial charge in [0.1, 0.15) is 0 Å². The first-order valence-electron chi connectivity index (χ1n) is 4.88. The number of hydrogen-bond donors (Lipinski definition) is 2. The van der Waals surface area contributed by atoms with Gasteiger partial charge in [-0.3, -0.25) is 9.63 Å². The summed E-state index contributed by atoms with van der Waals surface area (Å²) in [7, 11) is 0. The average molecular weight is 186 g/mol. The molecule has 1 aliphatic rings. The van der Waals surface area contributed by atoms with Crippen molar-refractivity contribution < 1.29 is 9.63 Å². The standard InChI is InChI=1S/C9H18N2O2/c1-7(10)6-9(12)11-13-8-4-2-3-5-8/h7-8H,2-6,10H2,1H3,(H,11,12). The van der Waals surface area contributed by atoms with Crippen LogP contribution in [0.3, 0.4) is 0 Å². The zero-order chi connectivity index (χ0) is 9.68. The first kappa shape index (κ1) is 10.5. The summed E-state index contributed by atoms with van der Waals surface area (Å²) in [6.07, 6.45) is 5.06. The smallest absolute Gasteiger partial charge is 0.245 e. The van der Waals surface area contributed by atoms with E-state index in [1.807, 2.05) is 0 Å². The van der Waals surface area contributed by atoms with Crippen LogP contribution in [0.25, 0.3) is 0 Å². The van der Waals surface area contributed by atoms with Gasteiger partial charge in [0.25, 0.3) is 0 Å². The van der Waals surface area contributed by atoms with Gasteiger partial charge in [-0.1, -0.05) is 12.8 Å². The highest BCUT2D eigenvalue weighted by atomic mass is 16.7. The second-order valence-corrected chi connectivity index (χ2v) is 3.73. The lowest BCUT2D eigenvalue weighted by Gasteiger charge is -2.11. The molecule has 3 N–H and O–H groups in total. The van der Waals surface area contributed by atoms with E-state index in [4.69, 9.17) is 10.6 Å². The lowest BCUT2D eigenvalue weighted by molar-refractivity contribution is -0.138. The summed E-state index contributed by atoms with van der Waals surface area (Å²) < 4.78 is 0. The second-order valence-electron chi connectivity index (χ2n) is 3.73. The lowest BCUT2D eigenvalue weighted by atomic mass is 10.2. The molecular formula is C9H18N2O2. The highest BCUT2D eigenvalue weighted by Crippen LogP contribution is 2.19. The van der Waals surface area contributed by atoms with Gasteiger partial charge < -0.3 is 5.73 Å². The molecule has 1 rings (SSSR count). The van der Waals surface area contributed by atoms with Crippen molar-refractivity contribution in [2.75, 3.05) is 0 Å². The molecule has 4 nitrogen and oxygen atoms in total. The maximum Gasteiger partial charge on any atom is 0.245 e. The summed E-state index contributed by atoms with van der Waals surface area (Å²) in [5.74, 6) is -0.123. The summed E-state index contributed by atoms with van der Waals surface area (Å²) in [4.78, 5) is 16.3. The van der Waals surface area contributed by atoms with E-state index in [0.29, 0.717) is 6.42 Å². The molecule has 0 aromatic rings. The van der Waals surface area contributed by atoms with Crippen LogP contribution >= 0.6 is 0 Å². The van der Waals surface area contributed by atoms with Crippen molar-refractivity contribution in [3.63, 3.8) is 0 Å². The van der Waals surface area contributed by atoms with E-state index in [1.165, 1.54) is 12.8 Å². The van der Waals surface area contributed by atoms with E-state index >= 15 is 0 Å². The van der Waals surface area contributed by atoms with Crippen molar-refractivity contribution in [2.45, 2.75) is 51.2 Å². The number of rotatable bonds is 4. The highest BCUT2D eigenvalue weighted by molar-refractivity contribution is 5.75. The van der Waals surface area contributed by atoms with Crippen LogP contribution < -0.4 is 11.2 Å². The first-order valence-corrected chi connectivity index (χ1v) is 4.88. The highest BCUT2D eigenvalue weighted by Gasteiger charge is 2.16. The molecule has 0 heterocycles. The van der Waals surface area contributed by atoms with Crippen LogP contribution in [-0.4, -0.2) is 18.1 Å². The van der Waals surface area contributed by atoms with E-state index in [1.54, 1.807) is 6.92 Å². The van der Waals surface area contributed by atoms with Crippen molar-refractivity contribution in [3.05, 3.63) is 0 Å². The van der Waals surface area contributed by atoms with E-state index in [0.717, 1.165) is 12.8 Å². The quantitative estimate of drug-likeness (QED) is 0.636. The molecule has 1 aliphatic carbocycles. The van der Waals surface area contributed by atoms with Gasteiger partial charge in [-0.05, 0) is 19.8 Å². The molecule has 0 spiro atoms. The van der Waals surface area contributed by atoms with Gasteiger partial charge in [0.2, 0.25) is 5.91 Å². The Labute approximate surface area is 78.8 Å². The topological polar surface area (TPSA) is 64.4 Å². The van der Waals surface area contributed by atoms with Gasteiger partial charge in [0, 0.05) is 12.5 Å². The minimum absolute atomic E-state index is 0.104. The SMILES string of the molecule is CC(N)CC(=O)NOC1CCCC1. The normalized spacial score (nSPS) is 20.2. The molecular weight excluding hydrogens is 168 g/mol. The van der Waals surface area contributed by atoms with Crippen molar-refractivity contribution in [3.8, 4) is 0 Å². The van der Waals surface area contributed by atoms with E-state index in [9.17, 15) is 4.79 Å². The Balaban J connectivity index is 2.07. The van der Waals surface area contributed by atoms with Crippen LogP contribution in [0.5, 0.6) is 0 Å². The predicted octanol–water partition coefficient (Wildman–Crippen LogP) is 0.714. The molecule has 1 saturated carbocycles. The summed E-state index contributed by atoms with van der Waals surface area (Å²) in [6, 6.07) is -0.104. The zero-order valence-electron chi connectivity index (χ0n) is 8.08. The average Bonchev–Trinajstić information content (AvgIpc) is 2.51. The summed E-state index contributed by atoms with van der Waals surface area (Å²) >= 11 is 0. The zero-order valence-corrected chi connectivity index (χ0v) is 8.08. The van der Waals surface area contributed by atoms with E-state index < -0.39 is 0 Å². The predicted molar refractivity (Wildman–Crippen MR) is 49.8 cm³/mol. The van der Waals surface area contributed by atoms with Crippen LogP contribution in [0.4, 0.5) is 0 Å². The molecule has 1 amide bonds. The number of nitrogens with two attached hydrogens (primary N) is 1. The van der Waals surface area contributed by atoms with Crippen LogP contribution in [0.1, 0.15) is 39.0 Å². The number of carbonyl (C=O) groups is 1. The maximum absolute atomic E-state index is 11.1. The molecule has 13 heavy (non-hydrogen) atoms. The van der Waals surface area contributed by atoms with Gasteiger partial charge in [-0.15, -0.1) is 0 Å². The van der Waals surface area contributed by atoms with Crippen molar-refractivity contribution >= 4 is 5.91 Å². The number of hydrogen-bond acceptors (Lipinski definition) is 3. The summed E-state index contributed by atoms with van der Waals surface area (Å²) in [6.45, 7) is 1.80.